The van der Waals surface area contributed by atoms with E-state index in [9.17, 15) is 9.59 Å². The van der Waals surface area contributed by atoms with Gasteiger partial charge in [0.2, 0.25) is 5.91 Å². The Balaban J connectivity index is 1.20. The molecule has 1 fully saturated rings. The van der Waals surface area contributed by atoms with Crippen molar-refractivity contribution >= 4 is 11.8 Å². The van der Waals surface area contributed by atoms with Crippen molar-refractivity contribution in [1.29, 1.82) is 0 Å². The molecule has 1 aliphatic rings. The van der Waals surface area contributed by atoms with Crippen molar-refractivity contribution in [3.63, 3.8) is 0 Å². The average molecular weight is 418 g/mol. The molecule has 1 aliphatic heterocycles. The SMILES string of the molecule is O=C(NCc1ccc(OCc2ccccc2)cc1)C1CCN(C(=O)c2ccco2)CC1. The molecular weight excluding hydrogens is 392 g/mol. The summed E-state index contributed by atoms with van der Waals surface area (Å²) in [5, 5.41) is 3.02. The van der Waals surface area contributed by atoms with Gasteiger partial charge in [-0.05, 0) is 48.2 Å². The van der Waals surface area contributed by atoms with Crippen LogP contribution in [0.15, 0.2) is 77.4 Å². The quantitative estimate of drug-likeness (QED) is 0.629. The highest BCUT2D eigenvalue weighted by Crippen LogP contribution is 2.20. The van der Waals surface area contributed by atoms with Crippen LogP contribution in [0.4, 0.5) is 0 Å². The maximum absolute atomic E-state index is 12.5. The molecule has 2 aromatic carbocycles. The maximum Gasteiger partial charge on any atom is 0.289 e. The number of amides is 2. The van der Waals surface area contributed by atoms with Gasteiger partial charge < -0.3 is 19.4 Å². The molecule has 0 unspecified atom stereocenters. The second-order valence-corrected chi connectivity index (χ2v) is 7.68. The van der Waals surface area contributed by atoms with E-state index in [4.69, 9.17) is 9.15 Å². The summed E-state index contributed by atoms with van der Waals surface area (Å²) in [4.78, 5) is 26.6. The molecule has 31 heavy (non-hydrogen) atoms. The van der Waals surface area contributed by atoms with Crippen molar-refractivity contribution in [3.8, 4) is 5.75 Å². The van der Waals surface area contributed by atoms with Crippen LogP contribution in [0.5, 0.6) is 5.75 Å². The molecule has 0 spiro atoms. The van der Waals surface area contributed by atoms with E-state index in [1.165, 1.54) is 6.26 Å². The van der Waals surface area contributed by atoms with Crippen LogP contribution in [0.3, 0.4) is 0 Å². The zero-order valence-electron chi connectivity index (χ0n) is 17.3. The van der Waals surface area contributed by atoms with E-state index in [1.54, 1.807) is 17.0 Å². The molecule has 1 saturated heterocycles. The average Bonchev–Trinajstić information content (AvgIpc) is 3.37. The Morgan fingerprint density at radius 2 is 1.68 bits per heavy atom. The molecule has 6 heteroatoms. The molecule has 0 atom stereocenters. The Morgan fingerprint density at radius 1 is 0.935 bits per heavy atom. The number of benzene rings is 2. The topological polar surface area (TPSA) is 71.8 Å². The molecule has 3 aromatic rings. The number of hydrogen-bond acceptors (Lipinski definition) is 4. The second kappa shape index (κ2) is 9.98. The van der Waals surface area contributed by atoms with Gasteiger partial charge in [-0.15, -0.1) is 0 Å². The summed E-state index contributed by atoms with van der Waals surface area (Å²) in [7, 11) is 0. The molecule has 4 rings (SSSR count). The molecule has 0 saturated carbocycles. The first-order valence-corrected chi connectivity index (χ1v) is 10.6. The van der Waals surface area contributed by atoms with Crippen LogP contribution in [0.1, 0.15) is 34.5 Å². The number of rotatable bonds is 7. The Morgan fingerprint density at radius 3 is 2.35 bits per heavy atom. The molecule has 1 aromatic heterocycles. The zero-order valence-corrected chi connectivity index (χ0v) is 17.3. The Kier molecular flexibility index (Phi) is 6.67. The predicted octanol–water partition coefficient (Wildman–Crippen LogP) is 4.03. The fourth-order valence-corrected chi connectivity index (χ4v) is 3.68. The van der Waals surface area contributed by atoms with Gasteiger partial charge in [-0.3, -0.25) is 9.59 Å². The van der Waals surface area contributed by atoms with Crippen LogP contribution in [-0.4, -0.2) is 29.8 Å². The summed E-state index contributed by atoms with van der Waals surface area (Å²) < 4.78 is 11.0. The van der Waals surface area contributed by atoms with Crippen molar-refractivity contribution in [1.82, 2.24) is 10.2 Å². The van der Waals surface area contributed by atoms with E-state index in [1.807, 2.05) is 54.6 Å². The Labute approximate surface area is 181 Å². The number of carbonyl (C=O) groups is 2. The summed E-state index contributed by atoms with van der Waals surface area (Å²) in [6.45, 7) is 2.12. The van der Waals surface area contributed by atoms with Gasteiger partial charge >= 0.3 is 0 Å². The summed E-state index contributed by atoms with van der Waals surface area (Å²) >= 11 is 0. The molecule has 0 radical (unpaired) electrons. The van der Waals surface area contributed by atoms with Crippen LogP contribution in [0.2, 0.25) is 0 Å². The van der Waals surface area contributed by atoms with E-state index in [0.717, 1.165) is 16.9 Å². The summed E-state index contributed by atoms with van der Waals surface area (Å²) in [5.74, 6) is 0.994. The fraction of sp³-hybridized carbons (Fsp3) is 0.280. The normalized spacial score (nSPS) is 14.3. The molecule has 1 N–H and O–H groups in total. The minimum Gasteiger partial charge on any atom is -0.489 e. The van der Waals surface area contributed by atoms with Gasteiger partial charge in [-0.25, -0.2) is 0 Å². The van der Waals surface area contributed by atoms with Gasteiger partial charge in [0.15, 0.2) is 5.76 Å². The van der Waals surface area contributed by atoms with Crippen molar-refractivity contribution < 1.29 is 18.7 Å². The number of piperidine rings is 1. The van der Waals surface area contributed by atoms with Crippen molar-refractivity contribution in [3.05, 3.63) is 89.9 Å². The number of carbonyl (C=O) groups excluding carboxylic acids is 2. The van der Waals surface area contributed by atoms with Gasteiger partial charge in [0.1, 0.15) is 12.4 Å². The van der Waals surface area contributed by atoms with Crippen molar-refractivity contribution in [2.75, 3.05) is 13.1 Å². The summed E-state index contributed by atoms with van der Waals surface area (Å²) in [6.07, 6.45) is 2.81. The highest BCUT2D eigenvalue weighted by molar-refractivity contribution is 5.91. The molecule has 2 heterocycles. The molecule has 6 nitrogen and oxygen atoms in total. The molecule has 160 valence electrons. The largest absolute Gasteiger partial charge is 0.489 e. The Hall–Kier alpha value is -3.54. The summed E-state index contributed by atoms with van der Waals surface area (Å²) in [6, 6.07) is 21.2. The highest BCUT2D eigenvalue weighted by Gasteiger charge is 2.28. The van der Waals surface area contributed by atoms with E-state index >= 15 is 0 Å². The molecule has 2 amide bonds. The number of nitrogens with one attached hydrogen (secondary N) is 1. The fourth-order valence-electron chi connectivity index (χ4n) is 3.68. The first kappa shape index (κ1) is 20.7. The zero-order chi connectivity index (χ0) is 21.5. The van der Waals surface area contributed by atoms with Crippen LogP contribution >= 0.6 is 0 Å². The predicted molar refractivity (Wildman–Crippen MR) is 116 cm³/mol. The number of ether oxygens (including phenoxy) is 1. The third-order valence-corrected chi connectivity index (χ3v) is 5.52. The molecule has 0 bridgehead atoms. The van der Waals surface area contributed by atoms with Crippen LogP contribution in [-0.2, 0) is 17.9 Å². The second-order valence-electron chi connectivity index (χ2n) is 7.68. The molecular formula is C25H26N2O4. The lowest BCUT2D eigenvalue weighted by Crippen LogP contribution is -2.42. The van der Waals surface area contributed by atoms with Gasteiger partial charge in [-0.1, -0.05) is 42.5 Å². The number of hydrogen-bond donors (Lipinski definition) is 1. The van der Waals surface area contributed by atoms with Crippen LogP contribution < -0.4 is 10.1 Å². The Bertz CT molecular complexity index is 976. The third kappa shape index (κ3) is 5.54. The van der Waals surface area contributed by atoms with Crippen molar-refractivity contribution in [2.24, 2.45) is 5.92 Å². The minimum absolute atomic E-state index is 0.0366. The van der Waals surface area contributed by atoms with E-state index in [2.05, 4.69) is 5.32 Å². The highest BCUT2D eigenvalue weighted by atomic mass is 16.5. The summed E-state index contributed by atoms with van der Waals surface area (Å²) in [5.41, 5.74) is 2.14. The van der Waals surface area contributed by atoms with Gasteiger partial charge in [0, 0.05) is 25.6 Å². The van der Waals surface area contributed by atoms with Crippen LogP contribution in [0, 0.1) is 5.92 Å². The third-order valence-electron chi connectivity index (χ3n) is 5.52. The number of nitrogens with zero attached hydrogens (tertiary/aromatic N) is 1. The lowest BCUT2D eigenvalue weighted by molar-refractivity contribution is -0.126. The van der Waals surface area contributed by atoms with Crippen LogP contribution in [0.25, 0.3) is 0 Å². The monoisotopic (exact) mass is 418 g/mol. The standard InChI is InChI=1S/C25H26N2O4/c28-24(21-12-14-27(15-13-21)25(29)23-7-4-16-30-23)26-17-19-8-10-22(11-9-19)31-18-20-5-2-1-3-6-20/h1-11,16,21H,12-15,17-18H2,(H,26,28). The maximum atomic E-state index is 12.5. The first-order chi connectivity index (χ1) is 15.2. The molecule has 0 aliphatic carbocycles. The number of likely N-dealkylation sites (tertiary alicyclic amines) is 1. The smallest absolute Gasteiger partial charge is 0.289 e. The van der Waals surface area contributed by atoms with Gasteiger partial charge in [-0.2, -0.15) is 0 Å². The van der Waals surface area contributed by atoms with E-state index in [-0.39, 0.29) is 17.7 Å². The van der Waals surface area contributed by atoms with Gasteiger partial charge in [0.25, 0.3) is 5.91 Å². The van der Waals surface area contributed by atoms with E-state index < -0.39 is 0 Å². The van der Waals surface area contributed by atoms with Crippen molar-refractivity contribution in [2.45, 2.75) is 26.0 Å². The number of furan rings is 1. The van der Waals surface area contributed by atoms with E-state index in [0.29, 0.717) is 44.8 Å². The first-order valence-electron chi connectivity index (χ1n) is 10.6. The lowest BCUT2D eigenvalue weighted by atomic mass is 9.95. The van der Waals surface area contributed by atoms with Gasteiger partial charge in [0.05, 0.1) is 6.26 Å². The minimum atomic E-state index is -0.113. The lowest BCUT2D eigenvalue weighted by Gasteiger charge is -2.30.